The van der Waals surface area contributed by atoms with Crippen molar-refractivity contribution in [1.29, 1.82) is 0 Å². The fourth-order valence-corrected chi connectivity index (χ4v) is 1.83. The molecule has 0 aliphatic rings. The largest absolute Gasteiger partial charge is 0.493 e. The van der Waals surface area contributed by atoms with Crippen LogP contribution < -0.4 is 9.47 Å². The molecule has 0 atom stereocenters. The zero-order chi connectivity index (χ0) is 14.5. The third kappa shape index (κ3) is 2.69. The molecule has 0 unspecified atom stereocenters. The van der Waals surface area contributed by atoms with Gasteiger partial charge in [-0.1, -0.05) is 24.3 Å². The Hall–Kier alpha value is -2.62. The molecule has 20 heavy (non-hydrogen) atoms. The Labute approximate surface area is 116 Å². The summed E-state index contributed by atoms with van der Waals surface area (Å²) in [4.78, 5) is 22.8. The van der Waals surface area contributed by atoms with Crippen LogP contribution in [-0.2, 0) is 4.79 Å². The van der Waals surface area contributed by atoms with Crippen molar-refractivity contribution >= 4 is 12.1 Å². The second-order valence-electron chi connectivity index (χ2n) is 4.08. The first kappa shape index (κ1) is 13.8. The number of ketones is 1. The van der Waals surface area contributed by atoms with Gasteiger partial charge in [-0.05, 0) is 18.2 Å². The number of hydrogen-bond donors (Lipinski definition) is 0. The third-order valence-electron chi connectivity index (χ3n) is 2.91. The van der Waals surface area contributed by atoms with E-state index < -0.39 is 0 Å². The van der Waals surface area contributed by atoms with Crippen LogP contribution in [0.25, 0.3) is 0 Å². The van der Waals surface area contributed by atoms with E-state index in [1.165, 1.54) is 14.2 Å². The van der Waals surface area contributed by atoms with Gasteiger partial charge < -0.3 is 9.47 Å². The van der Waals surface area contributed by atoms with E-state index in [1.54, 1.807) is 48.8 Å². The quantitative estimate of drug-likeness (QED) is 0.782. The minimum absolute atomic E-state index is 0.150. The van der Waals surface area contributed by atoms with Crippen molar-refractivity contribution in [2.24, 2.45) is 0 Å². The summed E-state index contributed by atoms with van der Waals surface area (Å²) in [7, 11) is 3.05. The molecule has 4 heteroatoms. The first-order valence-electron chi connectivity index (χ1n) is 5.94. The minimum atomic E-state index is -0.150. The van der Waals surface area contributed by atoms with Crippen LogP contribution >= 0.6 is 0 Å². The van der Waals surface area contributed by atoms with Gasteiger partial charge in [0.15, 0.2) is 17.3 Å². The topological polar surface area (TPSA) is 52.6 Å². The van der Waals surface area contributed by atoms with Crippen molar-refractivity contribution in [2.45, 2.75) is 0 Å². The maximum Gasteiger partial charge on any atom is 0.233 e. The Kier molecular flexibility index (Phi) is 4.15. The fourth-order valence-electron chi connectivity index (χ4n) is 1.83. The van der Waals surface area contributed by atoms with Gasteiger partial charge in [0.2, 0.25) is 6.29 Å². The first-order valence-corrected chi connectivity index (χ1v) is 5.94. The molecule has 0 N–H and O–H groups in total. The normalized spacial score (nSPS) is 9.90. The van der Waals surface area contributed by atoms with Crippen LogP contribution in [0.5, 0.6) is 11.5 Å². The van der Waals surface area contributed by atoms with E-state index in [1.807, 2.05) is 0 Å². The molecule has 0 saturated heterocycles. The average Bonchev–Trinajstić information content (AvgIpc) is 2.53. The Morgan fingerprint density at radius 2 is 1.50 bits per heavy atom. The Morgan fingerprint density at radius 1 is 0.900 bits per heavy atom. The predicted molar refractivity (Wildman–Crippen MR) is 74.2 cm³/mol. The molecule has 0 aliphatic heterocycles. The van der Waals surface area contributed by atoms with Crippen molar-refractivity contribution in [3.63, 3.8) is 0 Å². The summed E-state index contributed by atoms with van der Waals surface area (Å²) in [5.74, 6) is 0.912. The summed E-state index contributed by atoms with van der Waals surface area (Å²) in [6.07, 6.45) is 1.77. The average molecular weight is 269 g/mol. The van der Waals surface area contributed by atoms with Crippen LogP contribution in [-0.4, -0.2) is 26.3 Å². The van der Waals surface area contributed by atoms with E-state index in [2.05, 4.69) is 0 Å². The van der Waals surface area contributed by atoms with Crippen LogP contribution in [0.4, 0.5) is 0 Å². The summed E-state index contributed by atoms with van der Waals surface area (Å²) in [6.45, 7) is 0. The second kappa shape index (κ2) is 6.02. The van der Waals surface area contributed by atoms with Gasteiger partial charge >= 0.3 is 0 Å². The molecule has 1 radical (unpaired) electrons. The zero-order valence-corrected chi connectivity index (χ0v) is 11.2. The molecule has 101 valence electrons. The smallest absolute Gasteiger partial charge is 0.233 e. The lowest BCUT2D eigenvalue weighted by molar-refractivity contribution is 0.103. The van der Waals surface area contributed by atoms with E-state index in [9.17, 15) is 9.59 Å². The number of benzene rings is 2. The molecule has 0 aromatic heterocycles. The highest BCUT2D eigenvalue weighted by molar-refractivity contribution is 6.09. The number of carbonyl (C=O) groups is 1. The predicted octanol–water partition coefficient (Wildman–Crippen LogP) is 2.39. The highest BCUT2D eigenvalue weighted by Crippen LogP contribution is 2.28. The molecular formula is C16H13O4. The van der Waals surface area contributed by atoms with Gasteiger partial charge in [-0.15, -0.1) is 0 Å². The van der Waals surface area contributed by atoms with Crippen LogP contribution in [0, 0.1) is 0 Å². The molecule has 2 aromatic carbocycles. The summed E-state index contributed by atoms with van der Waals surface area (Å²) in [5.41, 5.74) is 1.40. The van der Waals surface area contributed by atoms with Crippen molar-refractivity contribution in [1.82, 2.24) is 0 Å². The Morgan fingerprint density at radius 3 is 2.05 bits per heavy atom. The zero-order valence-electron chi connectivity index (χ0n) is 11.2. The van der Waals surface area contributed by atoms with Crippen LogP contribution in [0.3, 0.4) is 0 Å². The van der Waals surface area contributed by atoms with Crippen molar-refractivity contribution in [3.05, 3.63) is 59.2 Å². The molecule has 0 amide bonds. The number of ether oxygens (including phenoxy) is 2. The molecule has 0 saturated carbocycles. The lowest BCUT2D eigenvalue weighted by atomic mass is 10.0. The van der Waals surface area contributed by atoms with Crippen LogP contribution in [0.2, 0.25) is 0 Å². The van der Waals surface area contributed by atoms with E-state index >= 15 is 0 Å². The molecule has 0 fully saturated rings. The second-order valence-corrected chi connectivity index (χ2v) is 4.08. The fraction of sp³-hybridized carbons (Fsp3) is 0.125. The molecule has 0 aliphatic carbocycles. The number of methoxy groups -OCH3 is 2. The lowest BCUT2D eigenvalue weighted by Crippen LogP contribution is -2.02. The van der Waals surface area contributed by atoms with Gasteiger partial charge in [0.05, 0.1) is 14.2 Å². The third-order valence-corrected chi connectivity index (χ3v) is 2.91. The number of carbonyl (C=O) groups excluding carboxylic acids is 2. The lowest BCUT2D eigenvalue weighted by Gasteiger charge is -2.09. The van der Waals surface area contributed by atoms with Crippen molar-refractivity contribution < 1.29 is 19.1 Å². The van der Waals surface area contributed by atoms with E-state index in [4.69, 9.17) is 9.47 Å². The number of hydrogen-bond acceptors (Lipinski definition) is 4. The van der Waals surface area contributed by atoms with Crippen molar-refractivity contribution in [3.8, 4) is 11.5 Å². The summed E-state index contributed by atoms with van der Waals surface area (Å²) >= 11 is 0. The van der Waals surface area contributed by atoms with Crippen LogP contribution in [0.1, 0.15) is 21.5 Å². The Bertz CT molecular complexity index is 629. The summed E-state index contributed by atoms with van der Waals surface area (Å²) < 4.78 is 10.3. The molecule has 0 spiro atoms. The highest BCUT2D eigenvalue weighted by atomic mass is 16.5. The van der Waals surface area contributed by atoms with Gasteiger partial charge in [0.1, 0.15) is 0 Å². The van der Waals surface area contributed by atoms with Gasteiger partial charge in [0, 0.05) is 16.7 Å². The van der Waals surface area contributed by atoms with E-state index in [0.717, 1.165) is 0 Å². The van der Waals surface area contributed by atoms with Gasteiger partial charge in [-0.25, -0.2) is 0 Å². The number of rotatable bonds is 5. The van der Waals surface area contributed by atoms with Gasteiger partial charge in [-0.3, -0.25) is 9.59 Å². The minimum Gasteiger partial charge on any atom is -0.493 e. The van der Waals surface area contributed by atoms with E-state index in [-0.39, 0.29) is 5.78 Å². The van der Waals surface area contributed by atoms with E-state index in [0.29, 0.717) is 28.2 Å². The first-order chi connectivity index (χ1) is 9.69. The molecule has 2 aromatic rings. The molecule has 0 heterocycles. The summed E-state index contributed by atoms with van der Waals surface area (Å²) in [6, 6.07) is 11.3. The monoisotopic (exact) mass is 269 g/mol. The highest BCUT2D eigenvalue weighted by Gasteiger charge is 2.12. The molecule has 0 bridgehead atoms. The summed E-state index contributed by atoms with van der Waals surface area (Å²) in [5, 5.41) is 0. The molecule has 2 rings (SSSR count). The molecule has 4 nitrogen and oxygen atoms in total. The standard InChI is InChI=1S/C16H13O4/c1-19-14-8-7-13(9-15(14)20-2)16(18)12-5-3-11(10-17)4-6-12/h3-9H,1-2H3. The van der Waals surface area contributed by atoms with Gasteiger partial charge in [0.25, 0.3) is 0 Å². The van der Waals surface area contributed by atoms with Crippen molar-refractivity contribution in [2.75, 3.05) is 14.2 Å². The maximum atomic E-state index is 12.3. The molecular weight excluding hydrogens is 256 g/mol. The SMILES string of the molecule is COc1ccc(C(=O)c2ccc([C]=O)cc2)cc1OC. The maximum absolute atomic E-state index is 12.3. The van der Waals surface area contributed by atoms with Gasteiger partial charge in [-0.2, -0.15) is 0 Å². The Balaban J connectivity index is 2.34. The van der Waals surface area contributed by atoms with Crippen LogP contribution in [0.15, 0.2) is 42.5 Å².